The van der Waals surface area contributed by atoms with E-state index in [1.54, 1.807) is 12.1 Å². The third-order valence-corrected chi connectivity index (χ3v) is 2.22. The Morgan fingerprint density at radius 1 is 1.35 bits per heavy atom. The summed E-state index contributed by atoms with van der Waals surface area (Å²) in [4.78, 5) is 22.3. The molecule has 1 N–H and O–H groups in total. The van der Waals surface area contributed by atoms with Gasteiger partial charge in [0.15, 0.2) is 0 Å². The molecule has 17 heavy (non-hydrogen) atoms. The Balaban J connectivity index is 2.75. The molecule has 0 aromatic heterocycles. The topological polar surface area (TPSA) is 55.4 Å². The van der Waals surface area contributed by atoms with E-state index in [1.807, 2.05) is 0 Å². The Hall–Kier alpha value is -1.91. The zero-order valence-corrected chi connectivity index (χ0v) is 9.70. The molecule has 0 fully saturated rings. The van der Waals surface area contributed by atoms with Gasteiger partial charge in [0.2, 0.25) is 5.91 Å². The summed E-state index contributed by atoms with van der Waals surface area (Å²) in [5.41, 5.74) is 0.746. The Morgan fingerprint density at radius 3 is 2.41 bits per heavy atom. The molecular weight excluding hydrogens is 225 g/mol. The third-order valence-electron chi connectivity index (χ3n) is 2.22. The number of benzene rings is 1. The molecule has 0 bridgehead atoms. The first-order chi connectivity index (χ1) is 8.02. The fourth-order valence-corrected chi connectivity index (χ4v) is 1.44. The lowest BCUT2D eigenvalue weighted by Gasteiger charge is -2.15. The van der Waals surface area contributed by atoms with E-state index in [9.17, 15) is 14.0 Å². The van der Waals surface area contributed by atoms with Crippen molar-refractivity contribution in [3.63, 3.8) is 0 Å². The van der Waals surface area contributed by atoms with Crippen molar-refractivity contribution in [3.8, 4) is 0 Å². The van der Waals surface area contributed by atoms with E-state index in [2.05, 4.69) is 10.1 Å². The molecule has 0 radical (unpaired) electrons. The van der Waals surface area contributed by atoms with Crippen LogP contribution in [0.4, 0.5) is 4.39 Å². The minimum Gasteiger partial charge on any atom is -0.467 e. The van der Waals surface area contributed by atoms with Crippen LogP contribution in [-0.4, -0.2) is 25.0 Å². The van der Waals surface area contributed by atoms with Crippen molar-refractivity contribution < 1.29 is 18.7 Å². The molecule has 1 amide bonds. The maximum absolute atomic E-state index is 12.7. The predicted molar refractivity (Wildman–Crippen MR) is 59.7 cm³/mol. The minimum absolute atomic E-state index is 0.270. The van der Waals surface area contributed by atoms with Crippen LogP contribution in [0.25, 0.3) is 0 Å². The molecule has 0 heterocycles. The predicted octanol–water partition coefficient (Wildman–Crippen LogP) is 1.05. The van der Waals surface area contributed by atoms with Gasteiger partial charge in [-0.1, -0.05) is 12.1 Å². The first-order valence-electron chi connectivity index (χ1n) is 5.12. The molecule has 1 aromatic rings. The molecule has 0 unspecified atom stereocenters. The number of nitrogens with one attached hydrogen (secondary N) is 1. The summed E-state index contributed by atoms with van der Waals surface area (Å²) in [6.07, 6.45) is 0.270. The van der Waals surface area contributed by atoms with E-state index in [0.29, 0.717) is 0 Å². The number of methoxy groups -OCH3 is 1. The quantitative estimate of drug-likeness (QED) is 0.799. The highest BCUT2D eigenvalue weighted by Crippen LogP contribution is 2.06. The number of esters is 1. The SMILES string of the molecule is COC(=O)[C@H](Cc1ccc(F)cc1)NC(C)=O. The smallest absolute Gasteiger partial charge is 0.328 e. The lowest BCUT2D eigenvalue weighted by Crippen LogP contribution is -2.41. The average molecular weight is 239 g/mol. The Bertz CT molecular complexity index is 403. The molecule has 4 nitrogen and oxygen atoms in total. The van der Waals surface area contributed by atoms with Crippen LogP contribution in [0.3, 0.4) is 0 Å². The van der Waals surface area contributed by atoms with Gasteiger partial charge in [0.1, 0.15) is 11.9 Å². The molecule has 0 aliphatic carbocycles. The second kappa shape index (κ2) is 5.98. The van der Waals surface area contributed by atoms with E-state index in [0.717, 1.165) is 5.56 Å². The number of carbonyl (C=O) groups is 2. The first-order valence-corrected chi connectivity index (χ1v) is 5.12. The van der Waals surface area contributed by atoms with Crippen molar-refractivity contribution in [2.24, 2.45) is 0 Å². The number of hydrogen-bond acceptors (Lipinski definition) is 3. The fraction of sp³-hybridized carbons (Fsp3) is 0.333. The minimum atomic E-state index is -0.747. The molecule has 1 rings (SSSR count). The lowest BCUT2D eigenvalue weighted by molar-refractivity contribution is -0.144. The highest BCUT2D eigenvalue weighted by Gasteiger charge is 2.20. The number of carbonyl (C=O) groups excluding carboxylic acids is 2. The highest BCUT2D eigenvalue weighted by molar-refractivity contribution is 5.83. The molecule has 0 aliphatic heterocycles. The van der Waals surface area contributed by atoms with Gasteiger partial charge in [-0.25, -0.2) is 9.18 Å². The van der Waals surface area contributed by atoms with E-state index in [1.165, 1.54) is 26.2 Å². The number of amides is 1. The van der Waals surface area contributed by atoms with Crippen molar-refractivity contribution in [2.45, 2.75) is 19.4 Å². The second-order valence-corrected chi connectivity index (χ2v) is 3.61. The van der Waals surface area contributed by atoms with Crippen LogP contribution in [0.2, 0.25) is 0 Å². The van der Waals surface area contributed by atoms with E-state index < -0.39 is 12.0 Å². The Kier molecular flexibility index (Phi) is 4.63. The third kappa shape index (κ3) is 4.22. The van der Waals surface area contributed by atoms with E-state index >= 15 is 0 Å². The summed E-state index contributed by atoms with van der Waals surface area (Å²) in [6.45, 7) is 1.32. The lowest BCUT2D eigenvalue weighted by atomic mass is 10.1. The van der Waals surface area contributed by atoms with Crippen LogP contribution in [0.15, 0.2) is 24.3 Å². The number of halogens is 1. The van der Waals surface area contributed by atoms with Gasteiger partial charge in [-0.3, -0.25) is 4.79 Å². The normalized spacial score (nSPS) is 11.7. The molecule has 0 saturated carbocycles. The molecule has 0 saturated heterocycles. The van der Waals surface area contributed by atoms with Crippen molar-refractivity contribution in [1.82, 2.24) is 5.32 Å². The molecule has 92 valence electrons. The summed E-state index contributed by atoms with van der Waals surface area (Å²) in [5, 5.41) is 2.49. The van der Waals surface area contributed by atoms with Crippen molar-refractivity contribution in [3.05, 3.63) is 35.6 Å². The van der Waals surface area contributed by atoms with Crippen LogP contribution >= 0.6 is 0 Å². The standard InChI is InChI=1S/C12H14FNO3/c1-8(15)14-11(12(16)17-2)7-9-3-5-10(13)6-4-9/h3-6,11H,7H2,1-2H3,(H,14,15)/t11-/m0/s1. The summed E-state index contributed by atoms with van der Waals surface area (Å²) >= 11 is 0. The summed E-state index contributed by atoms with van der Waals surface area (Å²) in [6, 6.07) is 4.98. The monoisotopic (exact) mass is 239 g/mol. The van der Waals surface area contributed by atoms with Crippen molar-refractivity contribution in [1.29, 1.82) is 0 Å². The van der Waals surface area contributed by atoms with Gasteiger partial charge < -0.3 is 10.1 Å². The molecular formula is C12H14FNO3. The van der Waals surface area contributed by atoms with Gasteiger partial charge in [0.05, 0.1) is 7.11 Å². The van der Waals surface area contributed by atoms with Gasteiger partial charge in [0.25, 0.3) is 0 Å². The van der Waals surface area contributed by atoms with Gasteiger partial charge in [-0.15, -0.1) is 0 Å². The number of ether oxygens (including phenoxy) is 1. The molecule has 1 atom stereocenters. The summed E-state index contributed by atoms with van der Waals surface area (Å²) < 4.78 is 17.3. The summed E-state index contributed by atoms with van der Waals surface area (Å²) in [5.74, 6) is -1.19. The van der Waals surface area contributed by atoms with E-state index in [4.69, 9.17) is 0 Å². The zero-order chi connectivity index (χ0) is 12.8. The van der Waals surface area contributed by atoms with Crippen LogP contribution < -0.4 is 5.32 Å². The maximum Gasteiger partial charge on any atom is 0.328 e. The van der Waals surface area contributed by atoms with E-state index in [-0.39, 0.29) is 18.1 Å². The highest BCUT2D eigenvalue weighted by atomic mass is 19.1. The molecule has 5 heteroatoms. The summed E-state index contributed by atoms with van der Waals surface area (Å²) in [7, 11) is 1.25. The largest absolute Gasteiger partial charge is 0.467 e. The Morgan fingerprint density at radius 2 is 1.94 bits per heavy atom. The van der Waals surface area contributed by atoms with Crippen molar-refractivity contribution >= 4 is 11.9 Å². The molecule has 0 spiro atoms. The van der Waals surface area contributed by atoms with Gasteiger partial charge in [0, 0.05) is 13.3 Å². The first kappa shape index (κ1) is 13.2. The molecule has 1 aromatic carbocycles. The second-order valence-electron chi connectivity index (χ2n) is 3.61. The van der Waals surface area contributed by atoms with Crippen molar-refractivity contribution in [2.75, 3.05) is 7.11 Å². The van der Waals surface area contributed by atoms with Crippen LogP contribution in [0.5, 0.6) is 0 Å². The van der Waals surface area contributed by atoms with Crippen LogP contribution in [0.1, 0.15) is 12.5 Å². The number of rotatable bonds is 4. The average Bonchev–Trinajstić information content (AvgIpc) is 2.29. The van der Waals surface area contributed by atoms with Crippen LogP contribution in [0, 0.1) is 5.82 Å². The van der Waals surface area contributed by atoms with Gasteiger partial charge in [-0.2, -0.15) is 0 Å². The number of hydrogen-bond donors (Lipinski definition) is 1. The fourth-order valence-electron chi connectivity index (χ4n) is 1.44. The van der Waals surface area contributed by atoms with Gasteiger partial charge in [-0.05, 0) is 17.7 Å². The zero-order valence-electron chi connectivity index (χ0n) is 9.70. The van der Waals surface area contributed by atoms with Crippen LogP contribution in [-0.2, 0) is 20.7 Å². The molecule has 0 aliphatic rings. The maximum atomic E-state index is 12.7. The Labute approximate surface area is 98.8 Å². The van der Waals surface area contributed by atoms with Gasteiger partial charge >= 0.3 is 5.97 Å².